The molecule has 0 amide bonds. The standard InChI is InChI=1S/C16H33NO2/c1-3-5-12-18-13-14-19-16-10-8-6-7-9-15(16)17-11-4-2/h15-17H,3-14H2,1-2H3. The lowest BCUT2D eigenvalue weighted by atomic mass is 10.1. The summed E-state index contributed by atoms with van der Waals surface area (Å²) in [5.41, 5.74) is 0. The van der Waals surface area contributed by atoms with Gasteiger partial charge in [-0.25, -0.2) is 0 Å². The summed E-state index contributed by atoms with van der Waals surface area (Å²) in [6.45, 7) is 7.89. The number of rotatable bonds is 10. The third-order valence-corrected chi connectivity index (χ3v) is 3.81. The Balaban J connectivity index is 2.18. The Morgan fingerprint density at radius 1 is 0.947 bits per heavy atom. The maximum atomic E-state index is 6.07. The van der Waals surface area contributed by atoms with E-state index in [0.29, 0.717) is 12.1 Å². The fourth-order valence-corrected chi connectivity index (χ4v) is 2.64. The monoisotopic (exact) mass is 271 g/mol. The van der Waals surface area contributed by atoms with Gasteiger partial charge in [-0.05, 0) is 32.2 Å². The third-order valence-electron chi connectivity index (χ3n) is 3.81. The van der Waals surface area contributed by atoms with Crippen LogP contribution in [0.3, 0.4) is 0 Å². The van der Waals surface area contributed by atoms with Crippen LogP contribution in [0.15, 0.2) is 0 Å². The van der Waals surface area contributed by atoms with Gasteiger partial charge >= 0.3 is 0 Å². The minimum absolute atomic E-state index is 0.392. The molecule has 0 heterocycles. The molecule has 0 aromatic heterocycles. The van der Waals surface area contributed by atoms with Crippen LogP contribution in [-0.2, 0) is 9.47 Å². The Kier molecular flexibility index (Phi) is 10.4. The lowest BCUT2D eigenvalue weighted by molar-refractivity contribution is -0.0146. The average Bonchev–Trinajstić information content (AvgIpc) is 2.65. The predicted octanol–water partition coefficient (Wildman–Crippen LogP) is 3.52. The highest BCUT2D eigenvalue weighted by Crippen LogP contribution is 2.20. The number of nitrogens with one attached hydrogen (secondary N) is 1. The highest BCUT2D eigenvalue weighted by molar-refractivity contribution is 4.80. The van der Waals surface area contributed by atoms with Crippen molar-refractivity contribution in [3.63, 3.8) is 0 Å². The van der Waals surface area contributed by atoms with E-state index in [1.807, 2.05) is 0 Å². The van der Waals surface area contributed by atoms with E-state index >= 15 is 0 Å². The third kappa shape index (κ3) is 7.91. The fourth-order valence-electron chi connectivity index (χ4n) is 2.64. The van der Waals surface area contributed by atoms with E-state index in [2.05, 4.69) is 19.2 Å². The van der Waals surface area contributed by atoms with Gasteiger partial charge in [-0.2, -0.15) is 0 Å². The summed E-state index contributed by atoms with van der Waals surface area (Å²) in [5, 5.41) is 3.66. The number of hydrogen-bond acceptors (Lipinski definition) is 3. The molecule has 0 aliphatic heterocycles. The van der Waals surface area contributed by atoms with E-state index in [9.17, 15) is 0 Å². The predicted molar refractivity (Wildman–Crippen MR) is 80.6 cm³/mol. The molecule has 3 heteroatoms. The lowest BCUT2D eigenvalue weighted by Gasteiger charge is -2.26. The Labute approximate surface area is 119 Å². The summed E-state index contributed by atoms with van der Waals surface area (Å²) in [6, 6.07) is 0.554. The van der Waals surface area contributed by atoms with Gasteiger partial charge in [0.2, 0.25) is 0 Å². The molecule has 1 rings (SSSR count). The van der Waals surface area contributed by atoms with Crippen molar-refractivity contribution in [2.24, 2.45) is 0 Å². The van der Waals surface area contributed by atoms with Crippen molar-refractivity contribution in [1.29, 1.82) is 0 Å². The van der Waals surface area contributed by atoms with Crippen LogP contribution in [0.1, 0.15) is 65.2 Å². The Morgan fingerprint density at radius 2 is 1.79 bits per heavy atom. The SMILES string of the molecule is CCCCOCCOC1CCCCCC1NCCC. The van der Waals surface area contributed by atoms with Crippen molar-refractivity contribution >= 4 is 0 Å². The first-order valence-corrected chi connectivity index (χ1v) is 8.31. The van der Waals surface area contributed by atoms with Crippen LogP contribution in [0.25, 0.3) is 0 Å². The van der Waals surface area contributed by atoms with Crippen LogP contribution in [0.4, 0.5) is 0 Å². The van der Waals surface area contributed by atoms with E-state index in [-0.39, 0.29) is 0 Å². The van der Waals surface area contributed by atoms with Crippen molar-refractivity contribution in [3.05, 3.63) is 0 Å². The number of ether oxygens (including phenoxy) is 2. The first-order valence-electron chi connectivity index (χ1n) is 8.31. The largest absolute Gasteiger partial charge is 0.379 e. The molecule has 114 valence electrons. The minimum Gasteiger partial charge on any atom is -0.379 e. The average molecular weight is 271 g/mol. The van der Waals surface area contributed by atoms with Crippen LogP contribution in [0, 0.1) is 0 Å². The molecule has 1 aliphatic carbocycles. The van der Waals surface area contributed by atoms with Crippen molar-refractivity contribution in [2.45, 2.75) is 77.4 Å². The molecular formula is C16H33NO2. The zero-order chi connectivity index (χ0) is 13.8. The summed E-state index contributed by atoms with van der Waals surface area (Å²) >= 11 is 0. The van der Waals surface area contributed by atoms with Gasteiger partial charge in [-0.1, -0.05) is 39.5 Å². The molecule has 1 aliphatic rings. The van der Waals surface area contributed by atoms with E-state index in [0.717, 1.165) is 32.8 Å². The van der Waals surface area contributed by atoms with Crippen LogP contribution in [0.5, 0.6) is 0 Å². The lowest BCUT2D eigenvalue weighted by Crippen LogP contribution is -2.41. The number of unbranched alkanes of at least 4 members (excludes halogenated alkanes) is 1. The summed E-state index contributed by atoms with van der Waals surface area (Å²) in [5.74, 6) is 0. The molecule has 0 aromatic rings. The second kappa shape index (κ2) is 11.7. The molecule has 1 N–H and O–H groups in total. The summed E-state index contributed by atoms with van der Waals surface area (Å²) < 4.78 is 11.6. The molecule has 0 radical (unpaired) electrons. The van der Waals surface area contributed by atoms with Gasteiger partial charge in [0.25, 0.3) is 0 Å². The fraction of sp³-hybridized carbons (Fsp3) is 1.00. The van der Waals surface area contributed by atoms with Gasteiger partial charge in [0, 0.05) is 12.6 Å². The van der Waals surface area contributed by atoms with Gasteiger partial charge in [0.1, 0.15) is 0 Å². The zero-order valence-corrected chi connectivity index (χ0v) is 13.0. The molecule has 0 aromatic carbocycles. The molecule has 0 saturated heterocycles. The van der Waals surface area contributed by atoms with Crippen LogP contribution in [-0.4, -0.2) is 38.5 Å². The number of hydrogen-bond donors (Lipinski definition) is 1. The molecule has 1 saturated carbocycles. The Hall–Kier alpha value is -0.120. The van der Waals surface area contributed by atoms with Gasteiger partial charge < -0.3 is 14.8 Å². The first-order chi connectivity index (χ1) is 9.38. The summed E-state index contributed by atoms with van der Waals surface area (Å²) in [4.78, 5) is 0. The Morgan fingerprint density at radius 3 is 2.58 bits per heavy atom. The second-order valence-corrected chi connectivity index (χ2v) is 5.57. The molecule has 0 spiro atoms. The first kappa shape index (κ1) is 16.9. The topological polar surface area (TPSA) is 30.5 Å². The molecular weight excluding hydrogens is 238 g/mol. The van der Waals surface area contributed by atoms with Crippen molar-refractivity contribution in [3.8, 4) is 0 Å². The molecule has 19 heavy (non-hydrogen) atoms. The van der Waals surface area contributed by atoms with Crippen LogP contribution < -0.4 is 5.32 Å². The Bertz CT molecular complexity index is 199. The molecule has 2 atom stereocenters. The molecule has 2 unspecified atom stereocenters. The molecule has 1 fully saturated rings. The van der Waals surface area contributed by atoms with E-state index in [4.69, 9.17) is 9.47 Å². The smallest absolute Gasteiger partial charge is 0.0729 e. The minimum atomic E-state index is 0.392. The van der Waals surface area contributed by atoms with Crippen molar-refractivity contribution in [2.75, 3.05) is 26.4 Å². The summed E-state index contributed by atoms with van der Waals surface area (Å²) in [6.07, 6.45) is 10.4. The second-order valence-electron chi connectivity index (χ2n) is 5.57. The van der Waals surface area contributed by atoms with E-state index < -0.39 is 0 Å². The maximum absolute atomic E-state index is 6.07. The van der Waals surface area contributed by atoms with Gasteiger partial charge in [0.05, 0.1) is 19.3 Å². The normalized spacial score (nSPS) is 24.3. The van der Waals surface area contributed by atoms with E-state index in [1.54, 1.807) is 0 Å². The van der Waals surface area contributed by atoms with Crippen molar-refractivity contribution in [1.82, 2.24) is 5.32 Å². The van der Waals surface area contributed by atoms with Crippen LogP contribution in [0.2, 0.25) is 0 Å². The van der Waals surface area contributed by atoms with Gasteiger partial charge in [-0.3, -0.25) is 0 Å². The molecule has 0 bridgehead atoms. The highest BCUT2D eigenvalue weighted by Gasteiger charge is 2.23. The maximum Gasteiger partial charge on any atom is 0.0729 e. The van der Waals surface area contributed by atoms with Gasteiger partial charge in [0.15, 0.2) is 0 Å². The quantitative estimate of drug-likeness (QED) is 0.487. The molecule has 3 nitrogen and oxygen atoms in total. The highest BCUT2D eigenvalue weighted by atomic mass is 16.5. The van der Waals surface area contributed by atoms with Crippen LogP contribution >= 0.6 is 0 Å². The summed E-state index contributed by atoms with van der Waals surface area (Å²) in [7, 11) is 0. The van der Waals surface area contributed by atoms with Crippen molar-refractivity contribution < 1.29 is 9.47 Å². The zero-order valence-electron chi connectivity index (χ0n) is 13.0. The van der Waals surface area contributed by atoms with Gasteiger partial charge in [-0.15, -0.1) is 0 Å². The van der Waals surface area contributed by atoms with E-state index in [1.165, 1.54) is 44.9 Å².